The molecule has 7 nitrogen and oxygen atoms in total. The van der Waals surface area contributed by atoms with Gasteiger partial charge >= 0.3 is 6.09 Å². The van der Waals surface area contributed by atoms with Crippen molar-refractivity contribution < 1.29 is 26.9 Å². The molecular weight excluding hydrogens is 358 g/mol. The Morgan fingerprint density at radius 2 is 1.96 bits per heavy atom. The van der Waals surface area contributed by atoms with Gasteiger partial charge in [-0.05, 0) is 39.8 Å². The molecule has 0 aromatic heterocycles. The Balaban J connectivity index is 2.08. The molecule has 2 atom stereocenters. The van der Waals surface area contributed by atoms with Crippen LogP contribution in [0.15, 0.2) is 41.3 Å². The van der Waals surface area contributed by atoms with Gasteiger partial charge in [0.2, 0.25) is 0 Å². The van der Waals surface area contributed by atoms with Crippen LogP contribution in [0.5, 0.6) is 0 Å². The molecule has 1 N–H and O–H groups in total. The van der Waals surface area contributed by atoms with E-state index in [1.165, 1.54) is 12.1 Å². The van der Waals surface area contributed by atoms with E-state index in [0.717, 1.165) is 5.56 Å². The Morgan fingerprint density at radius 3 is 2.50 bits per heavy atom. The van der Waals surface area contributed by atoms with Crippen molar-refractivity contribution in [1.29, 1.82) is 0 Å². The summed E-state index contributed by atoms with van der Waals surface area (Å²) in [4.78, 5) is 11.9. The number of benzene rings is 1. The van der Waals surface area contributed by atoms with E-state index >= 15 is 0 Å². The Hall–Kier alpha value is -1.90. The Kier molecular flexibility index (Phi) is 6.44. The lowest BCUT2D eigenvalue weighted by atomic mass is 10.2. The normalized spacial score (nSPS) is 18.5. The fourth-order valence-electron chi connectivity index (χ4n) is 2.27. The number of amides is 1. The summed E-state index contributed by atoms with van der Waals surface area (Å²) in [6, 6.07) is 6.34. The predicted molar refractivity (Wildman–Crippen MR) is 96.4 cm³/mol. The third kappa shape index (κ3) is 6.12. The number of ether oxygens (including phenoxy) is 2. The van der Waals surface area contributed by atoms with Crippen LogP contribution >= 0.6 is 0 Å². The van der Waals surface area contributed by atoms with Crippen molar-refractivity contribution in [3.8, 4) is 0 Å². The second-order valence-electron chi connectivity index (χ2n) is 7.01. The lowest BCUT2D eigenvalue weighted by Gasteiger charge is -2.24. The molecule has 0 fully saturated rings. The van der Waals surface area contributed by atoms with Gasteiger partial charge < -0.3 is 14.8 Å². The summed E-state index contributed by atoms with van der Waals surface area (Å²) in [5.41, 5.74) is 0.284. The molecule has 144 valence electrons. The van der Waals surface area contributed by atoms with Gasteiger partial charge in [0.15, 0.2) is 0 Å². The maximum absolute atomic E-state index is 12.5. The van der Waals surface area contributed by atoms with E-state index in [0.29, 0.717) is 6.61 Å². The van der Waals surface area contributed by atoms with E-state index in [2.05, 4.69) is 5.32 Å². The van der Waals surface area contributed by atoms with Crippen LogP contribution in [0.3, 0.4) is 0 Å². The second-order valence-corrected chi connectivity index (χ2v) is 8.58. The Bertz CT molecular complexity index is 749. The quantitative estimate of drug-likeness (QED) is 0.600. The molecule has 2 unspecified atom stereocenters. The molecule has 0 radical (unpaired) electrons. The van der Waals surface area contributed by atoms with Gasteiger partial charge in [-0.15, -0.1) is 0 Å². The molecule has 1 aromatic carbocycles. The Morgan fingerprint density at radius 1 is 1.31 bits per heavy atom. The number of carbonyl (C=O) groups is 1. The molecule has 1 heterocycles. The molecule has 0 saturated carbocycles. The molecule has 1 aliphatic rings. The summed E-state index contributed by atoms with van der Waals surface area (Å²) < 4.78 is 41.1. The molecule has 1 amide bonds. The van der Waals surface area contributed by atoms with Gasteiger partial charge in [0.05, 0.1) is 18.0 Å². The van der Waals surface area contributed by atoms with E-state index in [9.17, 15) is 13.2 Å². The summed E-state index contributed by atoms with van der Waals surface area (Å²) in [5, 5.41) is 2.53. The van der Waals surface area contributed by atoms with Crippen LogP contribution in [0.1, 0.15) is 26.3 Å². The average Bonchev–Trinajstić information content (AvgIpc) is 3.04. The van der Waals surface area contributed by atoms with Gasteiger partial charge in [-0.1, -0.05) is 29.8 Å². The van der Waals surface area contributed by atoms with Crippen LogP contribution in [-0.4, -0.2) is 45.5 Å². The predicted octanol–water partition coefficient (Wildman–Crippen LogP) is 2.55. The summed E-state index contributed by atoms with van der Waals surface area (Å²) in [7, 11) is -4.00. The summed E-state index contributed by atoms with van der Waals surface area (Å²) >= 11 is 0. The highest BCUT2D eigenvalue weighted by Crippen LogP contribution is 2.19. The van der Waals surface area contributed by atoms with Crippen molar-refractivity contribution in [2.45, 2.75) is 50.4 Å². The van der Waals surface area contributed by atoms with Crippen molar-refractivity contribution >= 4 is 16.2 Å². The minimum Gasteiger partial charge on any atom is -0.444 e. The van der Waals surface area contributed by atoms with Crippen LogP contribution < -0.4 is 5.32 Å². The van der Waals surface area contributed by atoms with Gasteiger partial charge in [0, 0.05) is 0 Å². The highest BCUT2D eigenvalue weighted by atomic mass is 32.2. The lowest BCUT2D eigenvalue weighted by molar-refractivity contribution is 0.0235. The number of carbonyl (C=O) groups excluding carboxylic acids is 1. The maximum Gasteiger partial charge on any atom is 0.407 e. The van der Waals surface area contributed by atoms with E-state index in [4.69, 9.17) is 13.7 Å². The third-order valence-electron chi connectivity index (χ3n) is 3.48. The smallest absolute Gasteiger partial charge is 0.407 e. The summed E-state index contributed by atoms with van der Waals surface area (Å²) in [5.74, 6) is 0. The number of rotatable bonds is 6. The van der Waals surface area contributed by atoms with Gasteiger partial charge in [-0.2, -0.15) is 8.42 Å². The topological polar surface area (TPSA) is 90.9 Å². The molecule has 1 aliphatic heterocycles. The SMILES string of the molecule is Cc1ccc(S(=O)(=O)OC(CNC(=O)OC(C)(C)C)C2C=CCO2)cc1. The lowest BCUT2D eigenvalue weighted by Crippen LogP contribution is -2.43. The molecule has 0 bridgehead atoms. The monoisotopic (exact) mass is 383 g/mol. The van der Waals surface area contributed by atoms with Crippen LogP contribution in [0, 0.1) is 6.92 Å². The second kappa shape index (κ2) is 8.20. The van der Waals surface area contributed by atoms with Crippen LogP contribution in [0.2, 0.25) is 0 Å². The molecular formula is C18H25NO6S. The number of hydrogen-bond donors (Lipinski definition) is 1. The van der Waals surface area contributed by atoms with Crippen molar-refractivity contribution in [1.82, 2.24) is 5.32 Å². The highest BCUT2D eigenvalue weighted by molar-refractivity contribution is 7.86. The Labute approximate surface area is 154 Å². The average molecular weight is 383 g/mol. The van der Waals surface area contributed by atoms with Gasteiger partial charge in [-0.3, -0.25) is 4.18 Å². The minimum atomic E-state index is -4.00. The number of aryl methyl sites for hydroxylation is 1. The molecule has 2 rings (SSSR count). The third-order valence-corrected chi connectivity index (χ3v) is 4.83. The zero-order chi connectivity index (χ0) is 19.4. The van der Waals surface area contributed by atoms with Gasteiger partial charge in [-0.25, -0.2) is 4.79 Å². The summed E-state index contributed by atoms with van der Waals surface area (Å²) in [6.07, 6.45) is 1.34. The van der Waals surface area contributed by atoms with Crippen LogP contribution in [-0.2, 0) is 23.8 Å². The van der Waals surface area contributed by atoms with E-state index in [1.807, 2.05) is 6.92 Å². The summed E-state index contributed by atoms with van der Waals surface area (Å²) in [6.45, 7) is 7.38. The largest absolute Gasteiger partial charge is 0.444 e. The first kappa shape index (κ1) is 20.4. The zero-order valence-corrected chi connectivity index (χ0v) is 16.2. The van der Waals surface area contributed by atoms with Gasteiger partial charge in [0.1, 0.15) is 17.8 Å². The van der Waals surface area contributed by atoms with Crippen molar-refractivity contribution in [2.75, 3.05) is 13.2 Å². The molecule has 0 aliphatic carbocycles. The van der Waals surface area contributed by atoms with E-state index in [-0.39, 0.29) is 11.4 Å². The molecule has 0 spiro atoms. The molecule has 0 saturated heterocycles. The minimum absolute atomic E-state index is 0.0485. The van der Waals surface area contributed by atoms with Crippen molar-refractivity contribution in [2.24, 2.45) is 0 Å². The number of hydrogen-bond acceptors (Lipinski definition) is 6. The zero-order valence-electron chi connectivity index (χ0n) is 15.4. The highest BCUT2D eigenvalue weighted by Gasteiger charge is 2.30. The first-order valence-electron chi connectivity index (χ1n) is 8.32. The van der Waals surface area contributed by atoms with Crippen molar-refractivity contribution in [3.05, 3.63) is 42.0 Å². The molecule has 1 aromatic rings. The van der Waals surface area contributed by atoms with Gasteiger partial charge in [0.25, 0.3) is 10.1 Å². The maximum atomic E-state index is 12.5. The first-order valence-corrected chi connectivity index (χ1v) is 9.73. The first-order chi connectivity index (χ1) is 12.1. The fraction of sp³-hybridized carbons (Fsp3) is 0.500. The number of nitrogens with one attached hydrogen (secondary N) is 1. The number of alkyl carbamates (subject to hydrolysis) is 1. The molecule has 26 heavy (non-hydrogen) atoms. The molecule has 8 heteroatoms. The van der Waals surface area contributed by atoms with Crippen molar-refractivity contribution in [3.63, 3.8) is 0 Å². The van der Waals surface area contributed by atoms with Crippen LogP contribution in [0.25, 0.3) is 0 Å². The van der Waals surface area contributed by atoms with E-state index < -0.39 is 34.0 Å². The van der Waals surface area contributed by atoms with E-state index in [1.54, 1.807) is 45.1 Å². The fourth-order valence-corrected chi connectivity index (χ4v) is 3.35. The van der Waals surface area contributed by atoms with Crippen LogP contribution in [0.4, 0.5) is 4.79 Å². The standard InChI is InChI=1S/C18H25NO6S/c1-13-7-9-14(10-8-13)26(21,22)25-16(15-6-5-11-23-15)12-19-17(20)24-18(2,3)4/h5-10,15-16H,11-12H2,1-4H3,(H,19,20).